The molecule has 0 radical (unpaired) electrons. The van der Waals surface area contributed by atoms with E-state index in [0.717, 1.165) is 24.4 Å². The van der Waals surface area contributed by atoms with Gasteiger partial charge in [-0.3, -0.25) is 4.90 Å². The Hall–Kier alpha value is -1.35. The van der Waals surface area contributed by atoms with Crippen molar-refractivity contribution < 1.29 is 17.9 Å². The van der Waals surface area contributed by atoms with Crippen LogP contribution in [-0.2, 0) is 14.8 Å². The maximum absolute atomic E-state index is 12.8. The van der Waals surface area contributed by atoms with Crippen molar-refractivity contribution in [3.8, 4) is 5.75 Å². The summed E-state index contributed by atoms with van der Waals surface area (Å²) < 4.78 is 38.9. The van der Waals surface area contributed by atoms with Crippen molar-refractivity contribution in [1.82, 2.24) is 9.62 Å². The van der Waals surface area contributed by atoms with Gasteiger partial charge in [-0.25, -0.2) is 13.1 Å². The molecule has 6 nitrogen and oxygen atoms in total. The summed E-state index contributed by atoms with van der Waals surface area (Å²) >= 11 is 12.0. The largest absolute Gasteiger partial charge is 0.497 e. The Morgan fingerprint density at radius 2 is 1.82 bits per heavy atom. The van der Waals surface area contributed by atoms with Crippen molar-refractivity contribution in [1.29, 1.82) is 0 Å². The van der Waals surface area contributed by atoms with E-state index in [2.05, 4.69) is 9.62 Å². The molecule has 1 atom stereocenters. The second-order valence-corrected chi connectivity index (χ2v) is 8.94. The molecule has 1 heterocycles. The monoisotopic (exact) mass is 444 g/mol. The molecule has 1 fully saturated rings. The maximum Gasteiger partial charge on any atom is 0.242 e. The zero-order valence-electron chi connectivity index (χ0n) is 15.4. The normalized spacial score (nSPS) is 16.7. The summed E-state index contributed by atoms with van der Waals surface area (Å²) in [4.78, 5) is 2.17. The highest BCUT2D eigenvalue weighted by atomic mass is 35.5. The Labute approximate surface area is 175 Å². The van der Waals surface area contributed by atoms with Gasteiger partial charge in [0.05, 0.1) is 25.3 Å². The average Bonchev–Trinajstić information content (AvgIpc) is 2.71. The summed E-state index contributed by atoms with van der Waals surface area (Å²) in [7, 11) is -2.21. The minimum Gasteiger partial charge on any atom is -0.497 e. The Morgan fingerprint density at radius 3 is 2.46 bits per heavy atom. The Bertz CT molecular complexity index is 901. The van der Waals surface area contributed by atoms with Crippen molar-refractivity contribution in [3.63, 3.8) is 0 Å². The van der Waals surface area contributed by atoms with Gasteiger partial charge in [0, 0.05) is 30.7 Å². The highest BCUT2D eigenvalue weighted by Crippen LogP contribution is 2.27. The number of benzene rings is 2. The summed E-state index contributed by atoms with van der Waals surface area (Å²) in [5, 5.41) is 0.439. The van der Waals surface area contributed by atoms with Crippen LogP contribution in [0.5, 0.6) is 5.75 Å². The first kappa shape index (κ1) is 21.4. The fourth-order valence-corrected chi connectivity index (χ4v) is 4.92. The molecule has 1 aliphatic heterocycles. The van der Waals surface area contributed by atoms with E-state index < -0.39 is 10.0 Å². The Kier molecular flexibility index (Phi) is 7.20. The van der Waals surface area contributed by atoms with E-state index in [1.807, 2.05) is 24.3 Å². The standard InChI is InChI=1S/C19H22Cl2N2O4S/c1-26-16-5-2-14(3-6-16)18(23-8-10-27-11-9-23)13-22-28(24,25)19-12-15(20)4-7-17(19)21/h2-7,12,18,22H,8-11,13H2,1H3. The van der Waals surface area contributed by atoms with Crippen molar-refractivity contribution in [2.45, 2.75) is 10.9 Å². The van der Waals surface area contributed by atoms with Crippen LogP contribution < -0.4 is 9.46 Å². The molecule has 152 valence electrons. The molecule has 1 unspecified atom stereocenters. The van der Waals surface area contributed by atoms with Crippen LogP contribution in [0.2, 0.25) is 10.0 Å². The van der Waals surface area contributed by atoms with Crippen molar-refractivity contribution in [2.75, 3.05) is 40.0 Å². The smallest absolute Gasteiger partial charge is 0.242 e. The maximum atomic E-state index is 12.8. The van der Waals surface area contributed by atoms with Gasteiger partial charge in [0.1, 0.15) is 10.6 Å². The molecule has 1 saturated heterocycles. The summed E-state index contributed by atoms with van der Waals surface area (Å²) in [6, 6.07) is 11.8. The van der Waals surface area contributed by atoms with E-state index in [9.17, 15) is 8.42 Å². The van der Waals surface area contributed by atoms with E-state index >= 15 is 0 Å². The zero-order chi connectivity index (χ0) is 20.1. The number of nitrogens with one attached hydrogen (secondary N) is 1. The molecule has 0 bridgehead atoms. The first-order valence-corrected chi connectivity index (χ1v) is 11.0. The molecule has 9 heteroatoms. The number of methoxy groups -OCH3 is 1. The second kappa shape index (κ2) is 9.43. The molecule has 2 aromatic carbocycles. The second-order valence-electron chi connectivity index (χ2n) is 6.36. The van der Waals surface area contributed by atoms with Crippen LogP contribution in [0.3, 0.4) is 0 Å². The molecule has 0 saturated carbocycles. The van der Waals surface area contributed by atoms with Crippen LogP contribution >= 0.6 is 23.2 Å². The number of halogens is 2. The summed E-state index contributed by atoms with van der Waals surface area (Å²) in [5.74, 6) is 0.746. The summed E-state index contributed by atoms with van der Waals surface area (Å²) in [5.41, 5.74) is 0.989. The first-order chi connectivity index (χ1) is 13.4. The van der Waals surface area contributed by atoms with Gasteiger partial charge in [-0.15, -0.1) is 0 Å². The van der Waals surface area contributed by atoms with Gasteiger partial charge in [0.15, 0.2) is 0 Å². The van der Waals surface area contributed by atoms with E-state index in [0.29, 0.717) is 18.2 Å². The van der Waals surface area contributed by atoms with E-state index in [1.165, 1.54) is 12.1 Å². The molecule has 2 aromatic rings. The fourth-order valence-electron chi connectivity index (χ4n) is 3.12. The number of morpholine rings is 1. The number of sulfonamides is 1. The van der Waals surface area contributed by atoms with Crippen LogP contribution in [0, 0.1) is 0 Å². The molecular weight excluding hydrogens is 423 g/mol. The van der Waals surface area contributed by atoms with E-state index in [-0.39, 0.29) is 22.5 Å². The Morgan fingerprint density at radius 1 is 1.14 bits per heavy atom. The van der Waals surface area contributed by atoms with Crippen LogP contribution in [0.25, 0.3) is 0 Å². The topological polar surface area (TPSA) is 67.9 Å². The van der Waals surface area contributed by atoms with Gasteiger partial charge in [-0.1, -0.05) is 35.3 Å². The Balaban J connectivity index is 1.83. The third-order valence-electron chi connectivity index (χ3n) is 4.64. The number of hydrogen-bond donors (Lipinski definition) is 1. The third-order valence-corrected chi connectivity index (χ3v) is 6.78. The van der Waals surface area contributed by atoms with E-state index in [1.54, 1.807) is 13.2 Å². The van der Waals surface area contributed by atoms with Gasteiger partial charge < -0.3 is 9.47 Å². The van der Waals surface area contributed by atoms with Gasteiger partial charge in [0.25, 0.3) is 0 Å². The van der Waals surface area contributed by atoms with Crippen LogP contribution in [0.15, 0.2) is 47.4 Å². The van der Waals surface area contributed by atoms with E-state index in [4.69, 9.17) is 32.7 Å². The molecule has 0 aliphatic carbocycles. The molecule has 1 N–H and O–H groups in total. The van der Waals surface area contributed by atoms with Crippen LogP contribution in [0.1, 0.15) is 11.6 Å². The first-order valence-electron chi connectivity index (χ1n) is 8.81. The average molecular weight is 445 g/mol. The van der Waals surface area contributed by atoms with Gasteiger partial charge in [-0.2, -0.15) is 0 Å². The number of nitrogens with zero attached hydrogens (tertiary/aromatic N) is 1. The molecule has 0 amide bonds. The lowest BCUT2D eigenvalue weighted by atomic mass is 10.0. The van der Waals surface area contributed by atoms with Gasteiger partial charge >= 0.3 is 0 Å². The highest BCUT2D eigenvalue weighted by molar-refractivity contribution is 7.89. The molecule has 0 spiro atoms. The summed E-state index contributed by atoms with van der Waals surface area (Å²) in [6.07, 6.45) is 0. The molecule has 0 aromatic heterocycles. The molecule has 1 aliphatic rings. The predicted molar refractivity (Wildman–Crippen MR) is 110 cm³/mol. The van der Waals surface area contributed by atoms with Crippen LogP contribution in [-0.4, -0.2) is 53.3 Å². The lowest BCUT2D eigenvalue weighted by molar-refractivity contribution is 0.0172. The lowest BCUT2D eigenvalue weighted by Gasteiger charge is -2.35. The van der Waals surface area contributed by atoms with Crippen molar-refractivity contribution in [2.24, 2.45) is 0 Å². The SMILES string of the molecule is COc1ccc(C(CNS(=O)(=O)c2cc(Cl)ccc2Cl)N2CCOCC2)cc1. The summed E-state index contributed by atoms with van der Waals surface area (Å²) in [6.45, 7) is 2.85. The molecule has 3 rings (SSSR count). The van der Waals surface area contributed by atoms with Gasteiger partial charge in [-0.05, 0) is 35.9 Å². The molecule has 28 heavy (non-hydrogen) atoms. The van der Waals surface area contributed by atoms with Gasteiger partial charge in [0.2, 0.25) is 10.0 Å². The minimum absolute atomic E-state index is 0.0304. The number of rotatable bonds is 7. The number of hydrogen-bond acceptors (Lipinski definition) is 5. The number of ether oxygens (including phenoxy) is 2. The lowest BCUT2D eigenvalue weighted by Crippen LogP contribution is -2.43. The van der Waals surface area contributed by atoms with Crippen LogP contribution in [0.4, 0.5) is 0 Å². The quantitative estimate of drug-likeness (QED) is 0.708. The minimum atomic E-state index is -3.82. The van der Waals surface area contributed by atoms with Crippen molar-refractivity contribution >= 4 is 33.2 Å². The van der Waals surface area contributed by atoms with Crippen molar-refractivity contribution in [3.05, 3.63) is 58.1 Å². The highest BCUT2D eigenvalue weighted by Gasteiger charge is 2.26. The third kappa shape index (κ3) is 5.17. The molecular formula is C19H22Cl2N2O4S. The fraction of sp³-hybridized carbons (Fsp3) is 0.368. The predicted octanol–water partition coefficient (Wildman–Crippen LogP) is 3.35. The zero-order valence-corrected chi connectivity index (χ0v) is 17.7.